The smallest absolute Gasteiger partial charge is 0.269 e. The molecule has 1 saturated carbocycles. The molecule has 3 rings (SSSR count). The van der Waals surface area contributed by atoms with Crippen LogP contribution in [0.2, 0.25) is 5.02 Å². The number of aryl methyl sites for hydroxylation is 1. The SMILES string of the molecule is Cc1nnsc1C(=O)Nc1ccc(Cl)c(CN(C(=O)CC(C)(C)C)C2CCC(N)CC2)c1. The fourth-order valence-electron chi connectivity index (χ4n) is 3.97. The lowest BCUT2D eigenvalue weighted by molar-refractivity contribution is -0.137. The molecule has 0 unspecified atom stereocenters. The summed E-state index contributed by atoms with van der Waals surface area (Å²) in [5.74, 6) is -0.137. The number of rotatable bonds is 6. The maximum atomic E-state index is 13.3. The summed E-state index contributed by atoms with van der Waals surface area (Å²) in [5, 5.41) is 7.35. The minimum Gasteiger partial charge on any atom is -0.335 e. The molecule has 3 N–H and O–H groups in total. The Hall–Kier alpha value is -2.03. The van der Waals surface area contributed by atoms with Gasteiger partial charge in [0, 0.05) is 35.8 Å². The lowest BCUT2D eigenvalue weighted by Gasteiger charge is -2.37. The molecule has 0 saturated heterocycles. The van der Waals surface area contributed by atoms with Gasteiger partial charge in [0.1, 0.15) is 4.88 Å². The Balaban J connectivity index is 1.81. The lowest BCUT2D eigenvalue weighted by atomic mass is 9.88. The van der Waals surface area contributed by atoms with Crippen LogP contribution in [-0.4, -0.2) is 38.4 Å². The Bertz CT molecular complexity index is 964. The Morgan fingerprint density at radius 3 is 2.53 bits per heavy atom. The van der Waals surface area contributed by atoms with Crippen molar-refractivity contribution in [2.24, 2.45) is 11.1 Å². The van der Waals surface area contributed by atoms with Crippen LogP contribution >= 0.6 is 23.1 Å². The van der Waals surface area contributed by atoms with Crippen molar-refractivity contribution in [1.82, 2.24) is 14.5 Å². The van der Waals surface area contributed by atoms with E-state index >= 15 is 0 Å². The highest BCUT2D eigenvalue weighted by Gasteiger charge is 2.30. The summed E-state index contributed by atoms with van der Waals surface area (Å²) in [4.78, 5) is 28.3. The van der Waals surface area contributed by atoms with Gasteiger partial charge in [-0.05, 0) is 73.3 Å². The second-order valence-electron chi connectivity index (χ2n) is 9.78. The van der Waals surface area contributed by atoms with Crippen LogP contribution in [0.15, 0.2) is 18.2 Å². The maximum absolute atomic E-state index is 13.3. The average Bonchev–Trinajstić information content (AvgIpc) is 3.14. The summed E-state index contributed by atoms with van der Waals surface area (Å²) in [5.41, 5.74) is 8.01. The number of carbonyl (C=O) groups excluding carboxylic acids is 2. The number of halogens is 1. The molecule has 174 valence electrons. The quantitative estimate of drug-likeness (QED) is 0.623. The molecule has 2 amide bonds. The van der Waals surface area contributed by atoms with Crippen molar-refractivity contribution in [2.45, 2.75) is 78.4 Å². The highest BCUT2D eigenvalue weighted by molar-refractivity contribution is 7.08. The van der Waals surface area contributed by atoms with E-state index in [0.717, 1.165) is 42.8 Å². The largest absolute Gasteiger partial charge is 0.335 e. The van der Waals surface area contributed by atoms with Gasteiger partial charge in [-0.3, -0.25) is 9.59 Å². The zero-order valence-corrected chi connectivity index (χ0v) is 20.7. The second kappa shape index (κ2) is 10.3. The molecular weight excluding hydrogens is 446 g/mol. The van der Waals surface area contributed by atoms with E-state index in [-0.39, 0.29) is 29.3 Å². The van der Waals surface area contributed by atoms with E-state index in [0.29, 0.717) is 34.2 Å². The topological polar surface area (TPSA) is 101 Å². The van der Waals surface area contributed by atoms with E-state index in [1.165, 1.54) is 0 Å². The van der Waals surface area contributed by atoms with Gasteiger partial charge in [-0.15, -0.1) is 5.10 Å². The molecule has 7 nitrogen and oxygen atoms in total. The van der Waals surface area contributed by atoms with E-state index in [9.17, 15) is 9.59 Å². The first-order chi connectivity index (χ1) is 15.0. The van der Waals surface area contributed by atoms with Crippen molar-refractivity contribution in [3.63, 3.8) is 0 Å². The number of nitrogens with zero attached hydrogens (tertiary/aromatic N) is 3. The molecule has 0 atom stereocenters. The molecule has 9 heteroatoms. The van der Waals surface area contributed by atoms with Crippen molar-refractivity contribution in [2.75, 3.05) is 5.32 Å². The summed E-state index contributed by atoms with van der Waals surface area (Å²) in [6, 6.07) is 5.71. The molecule has 2 aromatic rings. The highest BCUT2D eigenvalue weighted by Crippen LogP contribution is 2.30. The fourth-order valence-corrected chi connectivity index (χ4v) is 4.70. The first-order valence-electron chi connectivity index (χ1n) is 11.0. The molecule has 1 aliphatic rings. The molecule has 1 aliphatic carbocycles. The molecule has 1 aromatic heterocycles. The number of benzene rings is 1. The van der Waals surface area contributed by atoms with Crippen LogP contribution < -0.4 is 11.1 Å². The lowest BCUT2D eigenvalue weighted by Crippen LogP contribution is -2.44. The van der Waals surface area contributed by atoms with Crippen LogP contribution in [0.3, 0.4) is 0 Å². The van der Waals surface area contributed by atoms with Gasteiger partial charge < -0.3 is 16.0 Å². The van der Waals surface area contributed by atoms with Gasteiger partial charge >= 0.3 is 0 Å². The van der Waals surface area contributed by atoms with Crippen LogP contribution in [0, 0.1) is 12.3 Å². The standard InChI is InChI=1S/C23H32ClN5O2S/c1-14-21(32-28-27-14)22(31)26-17-7-10-19(24)15(11-17)13-29(20(30)12-23(2,3)4)18-8-5-16(25)6-9-18/h7,10-11,16,18H,5-6,8-9,12-13,25H2,1-4H3,(H,26,31). The van der Waals surface area contributed by atoms with Crippen LogP contribution in [0.25, 0.3) is 0 Å². The van der Waals surface area contributed by atoms with E-state index in [1.807, 2.05) is 11.0 Å². The number of nitrogens with one attached hydrogen (secondary N) is 1. The Kier molecular flexibility index (Phi) is 7.90. The number of aromatic nitrogens is 2. The van der Waals surface area contributed by atoms with Crippen molar-refractivity contribution in [3.05, 3.63) is 39.4 Å². The third kappa shape index (κ3) is 6.49. The van der Waals surface area contributed by atoms with Gasteiger partial charge in [-0.1, -0.05) is 36.9 Å². The molecule has 32 heavy (non-hydrogen) atoms. The summed E-state index contributed by atoms with van der Waals surface area (Å²) >= 11 is 7.57. The van der Waals surface area contributed by atoms with Gasteiger partial charge in [0.2, 0.25) is 5.91 Å². The average molecular weight is 478 g/mol. The summed E-state index contributed by atoms with van der Waals surface area (Å²) in [7, 11) is 0. The molecule has 0 aliphatic heterocycles. The van der Waals surface area contributed by atoms with Crippen LogP contribution in [0.1, 0.15) is 73.8 Å². The molecule has 1 aromatic carbocycles. The van der Waals surface area contributed by atoms with Gasteiger partial charge in [-0.2, -0.15) is 0 Å². The highest BCUT2D eigenvalue weighted by atomic mass is 35.5. The van der Waals surface area contributed by atoms with Crippen molar-refractivity contribution in [1.29, 1.82) is 0 Å². The first kappa shape index (κ1) is 24.6. The minimum absolute atomic E-state index is 0.110. The van der Waals surface area contributed by atoms with Crippen LogP contribution in [0.4, 0.5) is 5.69 Å². The van der Waals surface area contributed by atoms with Crippen LogP contribution in [-0.2, 0) is 11.3 Å². The normalized spacial score (nSPS) is 18.9. The predicted molar refractivity (Wildman–Crippen MR) is 129 cm³/mol. The Morgan fingerprint density at radius 2 is 1.94 bits per heavy atom. The number of amides is 2. The molecule has 1 fully saturated rings. The van der Waals surface area contributed by atoms with Crippen molar-refractivity contribution >= 4 is 40.6 Å². The number of hydrogen-bond acceptors (Lipinski definition) is 6. The van der Waals surface area contributed by atoms with Gasteiger partial charge in [0.05, 0.1) is 5.69 Å². The van der Waals surface area contributed by atoms with Crippen LogP contribution in [0.5, 0.6) is 0 Å². The van der Waals surface area contributed by atoms with E-state index < -0.39 is 0 Å². The van der Waals surface area contributed by atoms with E-state index in [4.69, 9.17) is 17.3 Å². The number of anilines is 1. The second-order valence-corrected chi connectivity index (χ2v) is 10.9. The Labute approximate surface area is 198 Å². The third-order valence-electron chi connectivity index (χ3n) is 5.69. The zero-order valence-electron chi connectivity index (χ0n) is 19.2. The van der Waals surface area contributed by atoms with Crippen molar-refractivity contribution in [3.8, 4) is 0 Å². The number of hydrogen-bond donors (Lipinski definition) is 2. The van der Waals surface area contributed by atoms with E-state index in [1.54, 1.807) is 19.1 Å². The monoisotopic (exact) mass is 477 g/mol. The zero-order chi connectivity index (χ0) is 23.5. The fraction of sp³-hybridized carbons (Fsp3) is 0.565. The van der Waals surface area contributed by atoms with Gasteiger partial charge in [0.15, 0.2) is 0 Å². The minimum atomic E-state index is -0.257. The summed E-state index contributed by atoms with van der Waals surface area (Å²) in [6.45, 7) is 8.36. The Morgan fingerprint density at radius 1 is 1.25 bits per heavy atom. The molecule has 0 radical (unpaired) electrons. The summed E-state index contributed by atoms with van der Waals surface area (Å²) < 4.78 is 3.82. The molecule has 0 bridgehead atoms. The summed E-state index contributed by atoms with van der Waals surface area (Å²) in [6.07, 6.45) is 4.07. The predicted octanol–water partition coefficient (Wildman–Crippen LogP) is 4.79. The van der Waals surface area contributed by atoms with E-state index in [2.05, 4.69) is 35.7 Å². The van der Waals surface area contributed by atoms with Gasteiger partial charge in [0.25, 0.3) is 5.91 Å². The molecular formula is C23H32ClN5O2S. The number of nitrogens with two attached hydrogens (primary N) is 1. The third-order valence-corrected chi connectivity index (χ3v) is 6.88. The first-order valence-corrected chi connectivity index (χ1v) is 12.1. The van der Waals surface area contributed by atoms with Gasteiger partial charge in [-0.25, -0.2) is 0 Å². The molecule has 0 spiro atoms. The molecule has 1 heterocycles. The van der Waals surface area contributed by atoms with Crippen molar-refractivity contribution < 1.29 is 9.59 Å². The number of carbonyl (C=O) groups is 2. The maximum Gasteiger partial charge on any atom is 0.269 e.